The number of rotatable bonds is 8. The zero-order valence-electron chi connectivity index (χ0n) is 19.4. The Bertz CT molecular complexity index is 1550. The molecule has 0 radical (unpaired) electrons. The first-order chi connectivity index (χ1) is 18.0. The molecule has 5 aromatic rings. The third-order valence-electron chi connectivity index (χ3n) is 5.33. The molecule has 0 spiro atoms. The van der Waals surface area contributed by atoms with Gasteiger partial charge in [0.15, 0.2) is 0 Å². The maximum Gasteiger partial charge on any atom is 0.263 e. The number of hydrogen-bond acceptors (Lipinski definition) is 6. The molecule has 0 saturated carbocycles. The summed E-state index contributed by atoms with van der Waals surface area (Å²) < 4.78 is 1.79. The van der Waals surface area contributed by atoms with Gasteiger partial charge in [0.1, 0.15) is 12.2 Å². The molecule has 1 amide bonds. The second-order valence-electron chi connectivity index (χ2n) is 8.05. The molecule has 0 aliphatic rings. The maximum atomic E-state index is 12.4. The zero-order valence-corrected chi connectivity index (χ0v) is 20.9. The lowest BCUT2D eigenvalue weighted by atomic mass is 10.1. The number of carbonyl (C=O) groups excluding carboxylic acids is 1. The van der Waals surface area contributed by atoms with Gasteiger partial charge in [-0.25, -0.2) is 5.43 Å². The van der Waals surface area contributed by atoms with E-state index in [1.165, 1.54) is 4.80 Å². The molecule has 0 bridgehead atoms. The highest BCUT2D eigenvalue weighted by atomic mass is 35.5. The molecule has 0 aliphatic heterocycles. The van der Waals surface area contributed by atoms with Gasteiger partial charge in [-0.15, -0.1) is 10.2 Å². The number of nitrogens with zero attached hydrogens (tertiary/aromatic N) is 7. The number of halogens is 2. The summed E-state index contributed by atoms with van der Waals surface area (Å²) >= 11 is 12.2. The minimum atomic E-state index is -0.391. The van der Waals surface area contributed by atoms with Gasteiger partial charge >= 0.3 is 0 Å². The molecule has 0 aliphatic carbocycles. The molecule has 11 heteroatoms. The van der Waals surface area contributed by atoms with Gasteiger partial charge in [0.2, 0.25) is 5.82 Å². The van der Waals surface area contributed by atoms with Gasteiger partial charge in [-0.3, -0.25) is 9.48 Å². The molecule has 37 heavy (non-hydrogen) atoms. The van der Waals surface area contributed by atoms with Crippen molar-refractivity contribution in [1.29, 1.82) is 0 Å². The fourth-order valence-electron chi connectivity index (χ4n) is 3.61. The maximum absolute atomic E-state index is 12.4. The molecule has 9 nitrogen and oxygen atoms in total. The summed E-state index contributed by atoms with van der Waals surface area (Å²) in [6.07, 6.45) is 3.41. The Morgan fingerprint density at radius 3 is 2.38 bits per heavy atom. The first-order valence-corrected chi connectivity index (χ1v) is 12.0. The minimum Gasteiger partial charge on any atom is -0.271 e. The van der Waals surface area contributed by atoms with Crippen molar-refractivity contribution in [2.75, 3.05) is 0 Å². The molecule has 2 aromatic heterocycles. The molecule has 0 unspecified atom stereocenters. The Hall–Kier alpha value is -4.34. The van der Waals surface area contributed by atoms with Crippen LogP contribution in [0.2, 0.25) is 10.0 Å². The number of tetrazole rings is 1. The van der Waals surface area contributed by atoms with Gasteiger partial charge in [-0.2, -0.15) is 15.0 Å². The fourth-order valence-corrected chi connectivity index (χ4v) is 3.93. The van der Waals surface area contributed by atoms with Crippen LogP contribution in [0, 0.1) is 0 Å². The quantitative estimate of drug-likeness (QED) is 0.231. The molecular weight excluding hydrogens is 511 g/mol. The molecule has 2 heterocycles. The number of aromatic nitrogens is 6. The SMILES string of the molecule is O=C(Cn1nnc(-c2ccccc2)n1)NN=Cc1cn(Cc2ccc(Cl)c(Cl)c2)nc1-c1ccccc1. The summed E-state index contributed by atoms with van der Waals surface area (Å²) in [5.74, 6) is 0.0523. The van der Waals surface area contributed by atoms with Crippen molar-refractivity contribution < 1.29 is 4.79 Å². The molecule has 184 valence electrons. The number of hydrogen-bond donors (Lipinski definition) is 1. The first kappa shape index (κ1) is 24.4. The van der Waals surface area contributed by atoms with E-state index >= 15 is 0 Å². The molecule has 1 N–H and O–H groups in total. The average Bonchev–Trinajstić information content (AvgIpc) is 3.54. The number of nitrogens with one attached hydrogen (secondary N) is 1. The van der Waals surface area contributed by atoms with Crippen LogP contribution in [0.25, 0.3) is 22.6 Å². The highest BCUT2D eigenvalue weighted by molar-refractivity contribution is 6.42. The van der Waals surface area contributed by atoms with E-state index in [0.29, 0.717) is 22.4 Å². The second kappa shape index (κ2) is 11.2. The first-order valence-electron chi connectivity index (χ1n) is 11.3. The van der Waals surface area contributed by atoms with E-state index in [1.807, 2.05) is 79.0 Å². The van der Waals surface area contributed by atoms with Gasteiger partial charge in [-0.1, -0.05) is 89.9 Å². The lowest BCUT2D eigenvalue weighted by Crippen LogP contribution is -2.24. The fraction of sp³-hybridized carbons (Fsp3) is 0.0769. The van der Waals surface area contributed by atoms with Gasteiger partial charge < -0.3 is 0 Å². The molecule has 0 saturated heterocycles. The van der Waals surface area contributed by atoms with Crippen molar-refractivity contribution in [2.45, 2.75) is 13.1 Å². The van der Waals surface area contributed by atoms with Crippen LogP contribution in [0.4, 0.5) is 0 Å². The smallest absolute Gasteiger partial charge is 0.263 e. The van der Waals surface area contributed by atoms with E-state index in [-0.39, 0.29) is 6.54 Å². The Balaban J connectivity index is 1.29. The van der Waals surface area contributed by atoms with Crippen molar-refractivity contribution in [3.63, 3.8) is 0 Å². The standard InChI is InChI=1S/C26H20Cl2N8O/c27-22-12-11-18(13-23(22)28)15-35-16-21(25(32-35)19-7-3-1-4-8-19)14-29-30-24(37)17-36-33-26(31-34-36)20-9-5-2-6-10-20/h1-14,16H,15,17H2,(H,30,37). The highest BCUT2D eigenvalue weighted by Crippen LogP contribution is 2.24. The van der Waals surface area contributed by atoms with Gasteiger partial charge in [0.05, 0.1) is 22.8 Å². The van der Waals surface area contributed by atoms with Crippen LogP contribution in [0.1, 0.15) is 11.1 Å². The van der Waals surface area contributed by atoms with E-state index in [1.54, 1.807) is 17.0 Å². The normalized spacial score (nSPS) is 11.2. The average molecular weight is 531 g/mol. The molecule has 5 rings (SSSR count). The topological polar surface area (TPSA) is 103 Å². The summed E-state index contributed by atoms with van der Waals surface area (Å²) in [4.78, 5) is 13.6. The van der Waals surface area contributed by atoms with E-state index in [2.05, 4.69) is 25.9 Å². The van der Waals surface area contributed by atoms with Crippen LogP contribution in [0.15, 0.2) is 90.2 Å². The molecular formula is C26H20Cl2N8O. The van der Waals surface area contributed by atoms with Crippen molar-refractivity contribution in [3.8, 4) is 22.6 Å². The zero-order chi connectivity index (χ0) is 25.6. The van der Waals surface area contributed by atoms with Crippen molar-refractivity contribution in [3.05, 3.63) is 106 Å². The minimum absolute atomic E-state index is 0.126. The van der Waals surface area contributed by atoms with Crippen LogP contribution in [0.5, 0.6) is 0 Å². The summed E-state index contributed by atoms with van der Waals surface area (Å²) in [6, 6.07) is 24.6. The number of carbonyl (C=O) groups is 1. The predicted molar refractivity (Wildman–Crippen MR) is 142 cm³/mol. The van der Waals surface area contributed by atoms with E-state index in [4.69, 9.17) is 28.3 Å². The third kappa shape index (κ3) is 6.08. The molecule has 3 aromatic carbocycles. The van der Waals surface area contributed by atoms with Crippen LogP contribution >= 0.6 is 23.2 Å². The highest BCUT2D eigenvalue weighted by Gasteiger charge is 2.12. The van der Waals surface area contributed by atoms with Gasteiger partial charge in [-0.05, 0) is 22.9 Å². The number of benzene rings is 3. The van der Waals surface area contributed by atoms with Crippen LogP contribution in [-0.4, -0.2) is 42.1 Å². The van der Waals surface area contributed by atoms with Gasteiger partial charge in [0.25, 0.3) is 5.91 Å². The van der Waals surface area contributed by atoms with Crippen LogP contribution in [0.3, 0.4) is 0 Å². The lowest BCUT2D eigenvalue weighted by Gasteiger charge is -2.03. The second-order valence-corrected chi connectivity index (χ2v) is 8.86. The summed E-state index contributed by atoms with van der Waals surface area (Å²) in [5.41, 5.74) is 6.66. The van der Waals surface area contributed by atoms with Crippen molar-refractivity contribution in [2.24, 2.45) is 5.10 Å². The van der Waals surface area contributed by atoms with Gasteiger partial charge in [0, 0.05) is 22.9 Å². The molecule has 0 atom stereocenters. The largest absolute Gasteiger partial charge is 0.271 e. The predicted octanol–water partition coefficient (Wildman–Crippen LogP) is 4.71. The Labute approximate surface area is 222 Å². The number of amides is 1. The van der Waals surface area contributed by atoms with E-state index < -0.39 is 5.91 Å². The Kier molecular flexibility index (Phi) is 7.34. The number of hydrazone groups is 1. The third-order valence-corrected chi connectivity index (χ3v) is 6.07. The van der Waals surface area contributed by atoms with E-state index in [9.17, 15) is 4.79 Å². The lowest BCUT2D eigenvalue weighted by molar-refractivity contribution is -0.122. The van der Waals surface area contributed by atoms with Crippen LogP contribution in [-0.2, 0) is 17.9 Å². The Morgan fingerprint density at radius 2 is 1.65 bits per heavy atom. The van der Waals surface area contributed by atoms with E-state index in [0.717, 1.165) is 27.9 Å². The summed E-state index contributed by atoms with van der Waals surface area (Å²) in [5, 5.41) is 22.0. The summed E-state index contributed by atoms with van der Waals surface area (Å²) in [6.45, 7) is 0.359. The Morgan fingerprint density at radius 1 is 0.919 bits per heavy atom. The summed E-state index contributed by atoms with van der Waals surface area (Å²) in [7, 11) is 0. The molecule has 0 fully saturated rings. The monoisotopic (exact) mass is 530 g/mol. The van der Waals surface area contributed by atoms with Crippen molar-refractivity contribution in [1.82, 2.24) is 35.4 Å². The van der Waals surface area contributed by atoms with Crippen molar-refractivity contribution >= 4 is 35.3 Å². The van der Waals surface area contributed by atoms with Crippen LogP contribution < -0.4 is 5.43 Å².